The number of hydrogen-bond acceptors (Lipinski definition) is 5. The highest BCUT2D eigenvalue weighted by Gasteiger charge is 2.28. The first-order chi connectivity index (χ1) is 16.0. The lowest BCUT2D eigenvalue weighted by atomic mass is 9.98. The molecule has 0 N–H and O–H groups in total. The SMILES string of the molecule is C=C1/C(F)=C\C=C(\c2cccnc2Br)CCC[C@H]1Oc1ccc2c(c1)OC[C@H]2CC(=O)OC. The lowest BCUT2D eigenvalue weighted by Crippen LogP contribution is -2.19. The third-order valence-corrected chi connectivity index (χ3v) is 6.56. The van der Waals surface area contributed by atoms with Gasteiger partial charge in [-0.25, -0.2) is 9.37 Å². The fourth-order valence-corrected chi connectivity index (χ4v) is 4.60. The smallest absolute Gasteiger partial charge is 0.306 e. The van der Waals surface area contributed by atoms with Gasteiger partial charge in [0, 0.05) is 34.9 Å². The van der Waals surface area contributed by atoms with Crippen LogP contribution in [0.5, 0.6) is 11.5 Å². The Morgan fingerprint density at radius 1 is 1.33 bits per heavy atom. The highest BCUT2D eigenvalue weighted by atomic mass is 79.9. The highest BCUT2D eigenvalue weighted by molar-refractivity contribution is 9.10. The van der Waals surface area contributed by atoms with Gasteiger partial charge in [0.1, 0.15) is 28.0 Å². The topological polar surface area (TPSA) is 57.7 Å². The molecule has 0 spiro atoms. The molecule has 0 radical (unpaired) electrons. The van der Waals surface area contributed by atoms with Crippen LogP contribution in [-0.4, -0.2) is 30.8 Å². The van der Waals surface area contributed by atoms with E-state index in [1.807, 2.05) is 24.3 Å². The van der Waals surface area contributed by atoms with E-state index in [0.717, 1.165) is 34.1 Å². The van der Waals surface area contributed by atoms with Crippen molar-refractivity contribution < 1.29 is 23.4 Å². The van der Waals surface area contributed by atoms with Crippen LogP contribution in [0.2, 0.25) is 0 Å². The van der Waals surface area contributed by atoms with Crippen molar-refractivity contribution >= 4 is 27.5 Å². The summed E-state index contributed by atoms with van der Waals surface area (Å²) in [6.45, 7) is 4.37. The predicted molar refractivity (Wildman–Crippen MR) is 128 cm³/mol. The lowest BCUT2D eigenvalue weighted by molar-refractivity contribution is -0.141. The van der Waals surface area contributed by atoms with Gasteiger partial charge in [-0.3, -0.25) is 4.79 Å². The Morgan fingerprint density at radius 2 is 2.18 bits per heavy atom. The van der Waals surface area contributed by atoms with Crippen molar-refractivity contribution in [2.75, 3.05) is 13.7 Å². The number of carbonyl (C=O) groups is 1. The number of rotatable bonds is 5. The van der Waals surface area contributed by atoms with E-state index in [1.165, 1.54) is 13.2 Å². The van der Waals surface area contributed by atoms with Crippen LogP contribution in [0.3, 0.4) is 0 Å². The first-order valence-corrected chi connectivity index (χ1v) is 11.6. The minimum absolute atomic E-state index is 0.0435. The van der Waals surface area contributed by atoms with Gasteiger partial charge >= 0.3 is 5.97 Å². The molecule has 172 valence electrons. The van der Waals surface area contributed by atoms with E-state index in [0.29, 0.717) is 30.1 Å². The first-order valence-electron chi connectivity index (χ1n) is 10.8. The van der Waals surface area contributed by atoms with Gasteiger partial charge in [0.25, 0.3) is 0 Å². The van der Waals surface area contributed by atoms with Crippen molar-refractivity contribution in [2.24, 2.45) is 0 Å². The van der Waals surface area contributed by atoms with E-state index in [-0.39, 0.29) is 18.3 Å². The Hall–Kier alpha value is -2.93. The van der Waals surface area contributed by atoms with Gasteiger partial charge in [-0.2, -0.15) is 0 Å². The molecule has 2 aromatic rings. The Labute approximate surface area is 201 Å². The molecule has 7 heteroatoms. The zero-order chi connectivity index (χ0) is 23.4. The van der Waals surface area contributed by atoms with Crippen molar-refractivity contribution in [1.82, 2.24) is 4.98 Å². The molecule has 1 aliphatic carbocycles. The lowest BCUT2D eigenvalue weighted by Gasteiger charge is -2.21. The van der Waals surface area contributed by atoms with Crippen molar-refractivity contribution in [3.63, 3.8) is 0 Å². The Bertz CT molecular complexity index is 1130. The number of allylic oxidation sites excluding steroid dienone is 3. The molecule has 2 heterocycles. The highest BCUT2D eigenvalue weighted by Crippen LogP contribution is 2.39. The molecule has 1 aliphatic heterocycles. The number of aromatic nitrogens is 1. The maximum Gasteiger partial charge on any atom is 0.306 e. The van der Waals surface area contributed by atoms with Crippen molar-refractivity contribution in [3.05, 3.63) is 82.4 Å². The summed E-state index contributed by atoms with van der Waals surface area (Å²) in [7, 11) is 1.38. The Kier molecular flexibility index (Phi) is 7.28. The maximum atomic E-state index is 14.9. The van der Waals surface area contributed by atoms with E-state index < -0.39 is 11.9 Å². The summed E-state index contributed by atoms with van der Waals surface area (Å²) in [5.74, 6) is 0.533. The van der Waals surface area contributed by atoms with Gasteiger partial charge in [-0.05, 0) is 59.0 Å². The van der Waals surface area contributed by atoms with Crippen LogP contribution < -0.4 is 9.47 Å². The third kappa shape index (κ3) is 5.36. The number of nitrogens with zero attached hydrogens (tertiary/aromatic N) is 1. The number of hydrogen-bond donors (Lipinski definition) is 0. The predicted octanol–water partition coefficient (Wildman–Crippen LogP) is 6.31. The van der Waals surface area contributed by atoms with Crippen LogP contribution in [0.25, 0.3) is 5.57 Å². The van der Waals surface area contributed by atoms with Crippen LogP contribution in [0, 0.1) is 0 Å². The number of fused-ring (bicyclic) bond motifs is 1. The van der Waals surface area contributed by atoms with E-state index in [1.54, 1.807) is 18.3 Å². The molecule has 0 unspecified atom stereocenters. The number of ether oxygens (including phenoxy) is 3. The summed E-state index contributed by atoms with van der Waals surface area (Å²) in [6.07, 6.45) is 6.86. The number of pyridine rings is 1. The van der Waals surface area contributed by atoms with Gasteiger partial charge in [0.2, 0.25) is 0 Å². The minimum atomic E-state index is -0.503. The second-order valence-electron chi connectivity index (χ2n) is 8.06. The fraction of sp³-hybridized carbons (Fsp3) is 0.308. The quantitative estimate of drug-likeness (QED) is 0.346. The third-order valence-electron chi connectivity index (χ3n) is 5.93. The molecular weight excluding hydrogens is 489 g/mol. The van der Waals surface area contributed by atoms with Crippen LogP contribution >= 0.6 is 15.9 Å². The Morgan fingerprint density at radius 3 is 2.97 bits per heavy atom. The summed E-state index contributed by atoms with van der Waals surface area (Å²) in [6, 6.07) is 9.35. The largest absolute Gasteiger partial charge is 0.492 e. The van der Waals surface area contributed by atoms with Gasteiger partial charge in [-0.15, -0.1) is 0 Å². The average molecular weight is 514 g/mol. The molecule has 0 bridgehead atoms. The molecule has 1 aromatic heterocycles. The van der Waals surface area contributed by atoms with E-state index in [2.05, 4.69) is 27.5 Å². The molecule has 0 saturated carbocycles. The minimum Gasteiger partial charge on any atom is -0.492 e. The molecule has 0 amide bonds. The summed E-state index contributed by atoms with van der Waals surface area (Å²) < 4.78 is 32.3. The molecule has 1 aromatic carbocycles. The fourth-order valence-electron chi connectivity index (χ4n) is 4.10. The summed E-state index contributed by atoms with van der Waals surface area (Å²) in [5.41, 5.74) is 3.20. The standard InChI is InChI=1S/C26H25BrFNO4/c1-16-22(28)11-8-17(21-6-4-12-29-26(21)27)5-3-7-23(16)33-19-9-10-20-18(13-25(30)31-2)15-32-24(20)14-19/h4,6,8-12,14,18,23H,1,3,5,7,13,15H2,2H3/b17-8+,22-11+/t18-,23-/m1/s1. The molecular formula is C26H25BrFNO4. The summed E-state index contributed by atoms with van der Waals surface area (Å²) in [5, 5.41) is 0. The first kappa shape index (κ1) is 23.2. The summed E-state index contributed by atoms with van der Waals surface area (Å²) in [4.78, 5) is 15.9. The van der Waals surface area contributed by atoms with Gasteiger partial charge in [-0.1, -0.05) is 24.8 Å². The number of esters is 1. The number of halogens is 2. The van der Waals surface area contributed by atoms with Crippen molar-refractivity contribution in [1.29, 1.82) is 0 Å². The molecule has 33 heavy (non-hydrogen) atoms. The van der Waals surface area contributed by atoms with Gasteiger partial charge in [0.05, 0.1) is 20.1 Å². The summed E-state index contributed by atoms with van der Waals surface area (Å²) >= 11 is 3.48. The van der Waals surface area contributed by atoms with Crippen molar-refractivity contribution in [2.45, 2.75) is 37.7 Å². The van der Waals surface area contributed by atoms with E-state index in [9.17, 15) is 9.18 Å². The Balaban J connectivity index is 1.48. The van der Waals surface area contributed by atoms with E-state index >= 15 is 0 Å². The van der Waals surface area contributed by atoms with Gasteiger partial charge < -0.3 is 14.2 Å². The van der Waals surface area contributed by atoms with Crippen molar-refractivity contribution in [3.8, 4) is 11.5 Å². The number of carbonyl (C=O) groups excluding carboxylic acids is 1. The second kappa shape index (κ2) is 10.3. The number of methoxy groups -OCH3 is 1. The van der Waals surface area contributed by atoms with E-state index in [4.69, 9.17) is 14.2 Å². The monoisotopic (exact) mass is 513 g/mol. The van der Waals surface area contributed by atoms with Crippen LogP contribution in [0.1, 0.15) is 42.7 Å². The molecule has 2 atom stereocenters. The normalized spacial score (nSPS) is 23.5. The molecule has 2 aliphatic rings. The average Bonchev–Trinajstić information content (AvgIpc) is 3.23. The molecule has 0 fully saturated rings. The van der Waals surface area contributed by atoms with Crippen LogP contribution in [-0.2, 0) is 9.53 Å². The van der Waals surface area contributed by atoms with Crippen LogP contribution in [0.4, 0.5) is 4.39 Å². The molecule has 5 nitrogen and oxygen atoms in total. The number of benzene rings is 1. The maximum absolute atomic E-state index is 14.9. The van der Waals surface area contributed by atoms with Gasteiger partial charge in [0.15, 0.2) is 0 Å². The molecule has 0 saturated heterocycles. The zero-order valence-corrected chi connectivity index (χ0v) is 19.9. The zero-order valence-electron chi connectivity index (χ0n) is 18.4. The molecule has 4 rings (SSSR count). The second-order valence-corrected chi connectivity index (χ2v) is 8.81. The van der Waals surface area contributed by atoms with Crippen LogP contribution in [0.15, 0.2) is 71.3 Å².